The van der Waals surface area contributed by atoms with Crippen molar-refractivity contribution in [2.24, 2.45) is 0 Å². The first-order chi connectivity index (χ1) is 13.8. The lowest BCUT2D eigenvalue weighted by Gasteiger charge is -2.39. The van der Waals surface area contributed by atoms with Gasteiger partial charge in [-0.3, -0.25) is 0 Å². The van der Waals surface area contributed by atoms with Crippen LogP contribution in [0.3, 0.4) is 0 Å². The molecule has 6 nitrogen and oxygen atoms in total. The molecule has 3 atom stereocenters. The van der Waals surface area contributed by atoms with Crippen molar-refractivity contribution in [1.82, 2.24) is 14.7 Å². The number of anilines is 1. The van der Waals surface area contributed by atoms with Crippen molar-refractivity contribution in [1.29, 1.82) is 0 Å². The topological polar surface area (TPSA) is 75.2 Å². The number of sulfonamides is 1. The fourth-order valence-electron chi connectivity index (χ4n) is 5.04. The lowest BCUT2D eigenvalue weighted by atomic mass is 9.97. The maximum atomic E-state index is 11.7. The third kappa shape index (κ3) is 3.34. The highest BCUT2D eigenvalue weighted by Gasteiger charge is 2.32. The van der Waals surface area contributed by atoms with Crippen LogP contribution in [0.5, 0.6) is 0 Å². The summed E-state index contributed by atoms with van der Waals surface area (Å²) in [7, 11) is -3.24. The molecule has 154 valence electrons. The van der Waals surface area contributed by atoms with Gasteiger partial charge in [0.05, 0.1) is 11.9 Å². The second kappa shape index (κ2) is 6.77. The second-order valence-electron chi connectivity index (χ2n) is 8.91. The van der Waals surface area contributed by atoms with Crippen LogP contribution < -0.4 is 9.62 Å². The maximum Gasteiger partial charge on any atom is 0.226 e. The van der Waals surface area contributed by atoms with Crippen LogP contribution in [-0.4, -0.2) is 37.2 Å². The van der Waals surface area contributed by atoms with Crippen molar-refractivity contribution >= 4 is 16.0 Å². The average molecular weight is 413 g/mol. The summed E-state index contributed by atoms with van der Waals surface area (Å²) in [5, 5.41) is 0. The van der Waals surface area contributed by atoms with Crippen LogP contribution in [-0.2, 0) is 22.9 Å². The van der Waals surface area contributed by atoms with Gasteiger partial charge in [-0.05, 0) is 62.1 Å². The molecule has 2 heterocycles. The molecule has 1 aromatic heterocycles. The molecule has 0 radical (unpaired) electrons. The van der Waals surface area contributed by atoms with E-state index in [2.05, 4.69) is 41.7 Å². The first kappa shape index (κ1) is 19.0. The number of aromatic nitrogens is 2. The van der Waals surface area contributed by atoms with E-state index in [1.54, 1.807) is 0 Å². The highest BCUT2D eigenvalue weighted by molar-refractivity contribution is 7.88. The van der Waals surface area contributed by atoms with Gasteiger partial charge in [-0.25, -0.2) is 23.1 Å². The van der Waals surface area contributed by atoms with Crippen LogP contribution in [0.25, 0.3) is 11.3 Å². The Morgan fingerprint density at radius 2 is 1.97 bits per heavy atom. The molecular weight excluding hydrogens is 384 g/mol. The van der Waals surface area contributed by atoms with Gasteiger partial charge in [-0.15, -0.1) is 0 Å². The number of fused-ring (bicyclic) bond motifs is 2. The van der Waals surface area contributed by atoms with E-state index in [-0.39, 0.29) is 6.04 Å². The van der Waals surface area contributed by atoms with Crippen LogP contribution in [0, 0.1) is 0 Å². The Morgan fingerprint density at radius 3 is 2.66 bits per heavy atom. The Morgan fingerprint density at radius 1 is 1.14 bits per heavy atom. The summed E-state index contributed by atoms with van der Waals surface area (Å²) in [6, 6.07) is 6.79. The Kier molecular flexibility index (Phi) is 4.44. The summed E-state index contributed by atoms with van der Waals surface area (Å²) in [6.45, 7) is 5.43. The molecule has 0 spiro atoms. The van der Waals surface area contributed by atoms with E-state index in [4.69, 9.17) is 9.97 Å². The zero-order valence-corrected chi connectivity index (χ0v) is 18.1. The highest BCUT2D eigenvalue weighted by atomic mass is 32.2. The third-order valence-corrected chi connectivity index (χ3v) is 7.42. The van der Waals surface area contributed by atoms with Crippen molar-refractivity contribution in [3.05, 3.63) is 40.6 Å². The standard InChI is InChI=1S/C22H28N4O2S/c1-13-11-20(25-29(3,27)28)16-8-7-15(12-18(13)16)21-17-5-4-6-19(17)23-22(24-21)26-10-9-14(26)2/h7-8,12-14,20,25H,4-6,9-11H2,1-3H3/t13?,14-,20?/m0/s1. The van der Waals surface area contributed by atoms with Crippen LogP contribution in [0.15, 0.2) is 18.2 Å². The number of nitrogens with zero attached hydrogens (tertiary/aromatic N) is 3. The molecule has 1 aromatic carbocycles. The molecule has 2 aromatic rings. The van der Waals surface area contributed by atoms with E-state index in [1.165, 1.54) is 29.5 Å². The third-order valence-electron chi connectivity index (χ3n) is 6.71. The number of rotatable bonds is 4. The summed E-state index contributed by atoms with van der Waals surface area (Å²) in [5.74, 6) is 1.18. The van der Waals surface area contributed by atoms with Crippen molar-refractivity contribution in [3.63, 3.8) is 0 Å². The Bertz CT molecular complexity index is 1080. The zero-order valence-electron chi connectivity index (χ0n) is 17.3. The van der Waals surface area contributed by atoms with Crippen molar-refractivity contribution in [2.75, 3.05) is 17.7 Å². The normalized spacial score (nSPS) is 25.6. The number of nitrogens with one attached hydrogen (secondary N) is 1. The van der Waals surface area contributed by atoms with E-state index >= 15 is 0 Å². The first-order valence-electron chi connectivity index (χ1n) is 10.6. The first-order valence-corrected chi connectivity index (χ1v) is 12.5. The maximum absolute atomic E-state index is 11.7. The molecule has 1 fully saturated rings. The molecule has 2 aliphatic carbocycles. The molecule has 0 bridgehead atoms. The number of hydrogen-bond acceptors (Lipinski definition) is 5. The van der Waals surface area contributed by atoms with Gasteiger partial charge in [0.1, 0.15) is 0 Å². The lowest BCUT2D eigenvalue weighted by Crippen LogP contribution is -2.46. The van der Waals surface area contributed by atoms with E-state index in [0.29, 0.717) is 12.0 Å². The summed E-state index contributed by atoms with van der Waals surface area (Å²) in [6.07, 6.45) is 6.42. The van der Waals surface area contributed by atoms with E-state index < -0.39 is 10.0 Å². The van der Waals surface area contributed by atoms with E-state index in [9.17, 15) is 8.42 Å². The minimum atomic E-state index is -3.24. The fraction of sp³-hybridized carbons (Fsp3) is 0.545. The minimum Gasteiger partial charge on any atom is -0.338 e. The van der Waals surface area contributed by atoms with Gasteiger partial charge < -0.3 is 4.90 Å². The summed E-state index contributed by atoms with van der Waals surface area (Å²) in [5.41, 5.74) is 7.01. The molecule has 3 aliphatic rings. The van der Waals surface area contributed by atoms with Gasteiger partial charge >= 0.3 is 0 Å². The molecule has 1 N–H and O–H groups in total. The molecule has 0 saturated carbocycles. The largest absolute Gasteiger partial charge is 0.338 e. The molecule has 29 heavy (non-hydrogen) atoms. The predicted octanol–water partition coefficient (Wildman–Crippen LogP) is 3.33. The monoisotopic (exact) mass is 412 g/mol. The molecule has 0 amide bonds. The van der Waals surface area contributed by atoms with Crippen LogP contribution >= 0.6 is 0 Å². The zero-order chi connectivity index (χ0) is 20.3. The van der Waals surface area contributed by atoms with Gasteiger partial charge in [0.25, 0.3) is 0 Å². The number of hydrogen-bond donors (Lipinski definition) is 1. The van der Waals surface area contributed by atoms with Crippen molar-refractivity contribution < 1.29 is 8.42 Å². The summed E-state index contributed by atoms with van der Waals surface area (Å²) >= 11 is 0. The molecule has 1 aliphatic heterocycles. The minimum absolute atomic E-state index is 0.141. The van der Waals surface area contributed by atoms with Gasteiger partial charge in [0.2, 0.25) is 16.0 Å². The van der Waals surface area contributed by atoms with Crippen LogP contribution in [0.4, 0.5) is 5.95 Å². The van der Waals surface area contributed by atoms with Gasteiger partial charge in [-0.2, -0.15) is 0 Å². The Hall–Kier alpha value is -1.99. The number of benzene rings is 1. The quantitative estimate of drug-likeness (QED) is 0.834. The van der Waals surface area contributed by atoms with E-state index in [1.807, 2.05) is 0 Å². The van der Waals surface area contributed by atoms with Gasteiger partial charge in [0.15, 0.2) is 0 Å². The van der Waals surface area contributed by atoms with Gasteiger partial charge in [-0.1, -0.05) is 19.1 Å². The lowest BCUT2D eigenvalue weighted by molar-refractivity contribution is 0.470. The average Bonchev–Trinajstić information content (AvgIpc) is 3.23. The molecule has 7 heteroatoms. The van der Waals surface area contributed by atoms with E-state index in [0.717, 1.165) is 55.0 Å². The predicted molar refractivity (Wildman–Crippen MR) is 115 cm³/mol. The fourth-order valence-corrected chi connectivity index (χ4v) is 5.78. The van der Waals surface area contributed by atoms with Crippen molar-refractivity contribution in [2.45, 2.75) is 64.0 Å². The second-order valence-corrected chi connectivity index (χ2v) is 10.7. The Labute approximate surface area is 172 Å². The summed E-state index contributed by atoms with van der Waals surface area (Å²) < 4.78 is 26.3. The van der Waals surface area contributed by atoms with Crippen molar-refractivity contribution in [3.8, 4) is 11.3 Å². The SMILES string of the molecule is CC1CC(NS(C)(=O)=O)c2ccc(-c3nc(N4CC[C@@H]4C)nc4c3CCC4)cc21. The smallest absolute Gasteiger partial charge is 0.226 e. The number of aryl methyl sites for hydroxylation is 1. The van der Waals surface area contributed by atoms with Crippen LogP contribution in [0.1, 0.15) is 67.5 Å². The van der Waals surface area contributed by atoms with Gasteiger partial charge in [0, 0.05) is 35.4 Å². The van der Waals surface area contributed by atoms with Crippen LogP contribution in [0.2, 0.25) is 0 Å². The molecule has 2 unspecified atom stereocenters. The molecule has 5 rings (SSSR count). The Balaban J connectivity index is 1.56. The highest BCUT2D eigenvalue weighted by Crippen LogP contribution is 2.43. The molecule has 1 saturated heterocycles. The summed E-state index contributed by atoms with van der Waals surface area (Å²) in [4.78, 5) is 12.2. The molecular formula is C22H28N4O2S.